The molecule has 3 N–H and O–H groups in total. The smallest absolute Gasteiger partial charge is 0.396 e. The summed E-state index contributed by atoms with van der Waals surface area (Å²) in [7, 11) is 1.21. The molecule has 0 saturated carbocycles. The summed E-state index contributed by atoms with van der Waals surface area (Å²) in [5.41, 5.74) is 4.12. The highest BCUT2D eigenvalue weighted by Crippen LogP contribution is 2.29. The van der Waals surface area contributed by atoms with Crippen LogP contribution in [0.5, 0.6) is 0 Å². The zero-order valence-electron chi connectivity index (χ0n) is 9.28. The number of oxime groups is 1. The number of hydrogen-bond donors (Lipinski definition) is 2. The summed E-state index contributed by atoms with van der Waals surface area (Å²) < 4.78 is 37.2. The molecule has 0 bridgehead atoms. The Morgan fingerprint density at radius 3 is 2.67 bits per heavy atom. The molecule has 0 radical (unpaired) electrons. The highest BCUT2D eigenvalue weighted by atomic mass is 19.4. The molecule has 1 aromatic carbocycles. The van der Waals surface area contributed by atoms with Crippen LogP contribution < -0.4 is 11.1 Å². The molecule has 0 aliphatic heterocycles. The van der Waals surface area contributed by atoms with E-state index in [9.17, 15) is 18.0 Å². The third-order valence-corrected chi connectivity index (χ3v) is 1.88. The van der Waals surface area contributed by atoms with Gasteiger partial charge < -0.3 is 10.6 Å². The molecular formula is C10H10F3N3O2. The lowest BCUT2D eigenvalue weighted by molar-refractivity contribution is -0.137. The molecule has 0 heterocycles. The number of carbonyl (C=O) groups excluding carboxylic acids is 1. The molecule has 0 fully saturated rings. The normalized spacial score (nSPS) is 12.1. The van der Waals surface area contributed by atoms with Crippen LogP contribution in [-0.2, 0) is 11.0 Å². The van der Waals surface area contributed by atoms with Gasteiger partial charge in [-0.3, -0.25) is 10.1 Å². The second kappa shape index (κ2) is 5.39. The lowest BCUT2D eigenvalue weighted by atomic mass is 10.1. The third kappa shape index (κ3) is 3.65. The summed E-state index contributed by atoms with van der Waals surface area (Å²) in [5, 5.41) is 5.27. The van der Waals surface area contributed by atoms with Crippen LogP contribution in [0.3, 0.4) is 0 Å². The molecule has 0 saturated heterocycles. The van der Waals surface area contributed by atoms with E-state index in [1.165, 1.54) is 13.2 Å². The molecule has 8 heteroatoms. The monoisotopic (exact) mass is 261 g/mol. The van der Waals surface area contributed by atoms with Crippen molar-refractivity contribution in [1.29, 1.82) is 0 Å². The molecule has 98 valence electrons. The van der Waals surface area contributed by atoms with Gasteiger partial charge >= 0.3 is 6.18 Å². The number of nitrogens with one attached hydrogen (secondary N) is 1. The third-order valence-electron chi connectivity index (χ3n) is 1.88. The summed E-state index contributed by atoms with van der Waals surface area (Å²) in [5.74, 6) is -1.15. The van der Waals surface area contributed by atoms with Crippen molar-refractivity contribution < 1.29 is 22.8 Å². The van der Waals surface area contributed by atoms with E-state index in [1.54, 1.807) is 0 Å². The molecule has 0 aromatic heterocycles. The van der Waals surface area contributed by atoms with Crippen LogP contribution in [0.25, 0.3) is 0 Å². The topological polar surface area (TPSA) is 76.7 Å². The van der Waals surface area contributed by atoms with Crippen molar-refractivity contribution in [3.05, 3.63) is 35.4 Å². The van der Waals surface area contributed by atoms with Crippen LogP contribution in [0, 0.1) is 0 Å². The van der Waals surface area contributed by atoms with Crippen LogP contribution in [0.2, 0.25) is 0 Å². The van der Waals surface area contributed by atoms with Crippen molar-refractivity contribution >= 4 is 11.9 Å². The average molecular weight is 261 g/mol. The Morgan fingerprint density at radius 2 is 2.11 bits per heavy atom. The standard InChI is InChI=1S/C10H10F3N3O2/c1-18-16-9(14)15-8(17)6-3-2-4-7(5-6)10(11,12)13/h2-5H,1H3,(H3,14,15,16,17). The van der Waals surface area contributed by atoms with E-state index in [1.807, 2.05) is 0 Å². The zero-order valence-corrected chi connectivity index (χ0v) is 9.28. The van der Waals surface area contributed by atoms with Crippen molar-refractivity contribution in [1.82, 2.24) is 5.32 Å². The number of amides is 1. The first kappa shape index (κ1) is 13.8. The van der Waals surface area contributed by atoms with Gasteiger partial charge in [0.25, 0.3) is 5.91 Å². The Morgan fingerprint density at radius 1 is 1.44 bits per heavy atom. The lowest BCUT2D eigenvalue weighted by Gasteiger charge is -2.08. The first-order chi connectivity index (χ1) is 8.34. The van der Waals surface area contributed by atoms with Crippen molar-refractivity contribution in [2.45, 2.75) is 6.18 Å². The van der Waals surface area contributed by atoms with Gasteiger partial charge in [-0.1, -0.05) is 6.07 Å². The van der Waals surface area contributed by atoms with E-state index in [0.29, 0.717) is 0 Å². The summed E-state index contributed by atoms with van der Waals surface area (Å²) in [6.07, 6.45) is -4.51. The van der Waals surface area contributed by atoms with Crippen LogP contribution in [0.1, 0.15) is 15.9 Å². The maximum atomic E-state index is 12.4. The van der Waals surface area contributed by atoms with Crippen LogP contribution in [0.4, 0.5) is 13.2 Å². The number of carbonyl (C=O) groups is 1. The van der Waals surface area contributed by atoms with Crippen LogP contribution in [-0.4, -0.2) is 19.0 Å². The van der Waals surface area contributed by atoms with E-state index in [4.69, 9.17) is 5.73 Å². The van der Waals surface area contributed by atoms with E-state index in [2.05, 4.69) is 15.3 Å². The number of hydrogen-bond acceptors (Lipinski definition) is 3. The van der Waals surface area contributed by atoms with Gasteiger partial charge in [-0.2, -0.15) is 13.2 Å². The van der Waals surface area contributed by atoms with E-state index < -0.39 is 17.6 Å². The lowest BCUT2D eigenvalue weighted by Crippen LogP contribution is -2.36. The minimum absolute atomic E-state index is 0.181. The molecule has 5 nitrogen and oxygen atoms in total. The Kier molecular flexibility index (Phi) is 4.13. The predicted octanol–water partition coefficient (Wildman–Crippen LogP) is 1.31. The predicted molar refractivity (Wildman–Crippen MR) is 57.5 cm³/mol. The quantitative estimate of drug-likeness (QED) is 0.478. The average Bonchev–Trinajstić information content (AvgIpc) is 2.28. The van der Waals surface area contributed by atoms with Gasteiger partial charge in [0.1, 0.15) is 7.11 Å². The second-order valence-corrected chi connectivity index (χ2v) is 3.19. The minimum atomic E-state index is -4.51. The molecular weight excluding hydrogens is 251 g/mol. The molecule has 0 spiro atoms. The fraction of sp³-hybridized carbons (Fsp3) is 0.200. The van der Waals surface area contributed by atoms with Crippen LogP contribution in [0.15, 0.2) is 29.4 Å². The first-order valence-corrected chi connectivity index (χ1v) is 4.70. The van der Waals surface area contributed by atoms with Crippen molar-refractivity contribution in [2.75, 3.05) is 7.11 Å². The number of rotatable bonds is 2. The van der Waals surface area contributed by atoms with Gasteiger partial charge in [0.15, 0.2) is 0 Å². The zero-order chi connectivity index (χ0) is 13.8. The Balaban J connectivity index is 2.91. The summed E-state index contributed by atoms with van der Waals surface area (Å²) >= 11 is 0. The van der Waals surface area contributed by atoms with E-state index in [-0.39, 0.29) is 11.5 Å². The first-order valence-electron chi connectivity index (χ1n) is 4.70. The minimum Gasteiger partial charge on any atom is -0.396 e. The molecule has 0 atom stereocenters. The van der Waals surface area contributed by atoms with Gasteiger partial charge in [0.05, 0.1) is 5.56 Å². The van der Waals surface area contributed by atoms with Crippen molar-refractivity contribution in [3.8, 4) is 0 Å². The Labute approximate surface area is 100 Å². The fourth-order valence-electron chi connectivity index (χ4n) is 1.15. The maximum Gasteiger partial charge on any atom is 0.416 e. The number of nitrogens with two attached hydrogens (primary N) is 1. The molecule has 1 aromatic rings. The SMILES string of the molecule is CON=C(N)NC(=O)c1cccc(C(F)(F)F)c1. The molecule has 18 heavy (non-hydrogen) atoms. The number of halogens is 3. The summed E-state index contributed by atoms with van der Waals surface area (Å²) in [4.78, 5) is 15.8. The number of guanidine groups is 1. The van der Waals surface area contributed by atoms with Gasteiger partial charge in [0.2, 0.25) is 5.96 Å². The van der Waals surface area contributed by atoms with E-state index >= 15 is 0 Å². The molecule has 1 rings (SSSR count). The molecule has 1 amide bonds. The van der Waals surface area contributed by atoms with Gasteiger partial charge in [-0.25, -0.2) is 0 Å². The molecule has 0 aliphatic rings. The van der Waals surface area contributed by atoms with Gasteiger partial charge in [-0.15, -0.1) is 0 Å². The number of alkyl halides is 3. The highest BCUT2D eigenvalue weighted by molar-refractivity contribution is 6.05. The Hall–Kier alpha value is -2.25. The van der Waals surface area contributed by atoms with Crippen molar-refractivity contribution in [2.24, 2.45) is 10.9 Å². The summed E-state index contributed by atoms with van der Waals surface area (Å²) in [6.45, 7) is 0. The summed E-state index contributed by atoms with van der Waals surface area (Å²) in [6, 6.07) is 3.94. The Bertz CT molecular complexity index is 472. The van der Waals surface area contributed by atoms with E-state index in [0.717, 1.165) is 18.2 Å². The maximum absolute atomic E-state index is 12.4. The second-order valence-electron chi connectivity index (χ2n) is 3.19. The van der Waals surface area contributed by atoms with Crippen LogP contribution >= 0.6 is 0 Å². The highest BCUT2D eigenvalue weighted by Gasteiger charge is 2.30. The number of nitrogens with zero attached hydrogens (tertiary/aromatic N) is 1. The molecule has 0 unspecified atom stereocenters. The largest absolute Gasteiger partial charge is 0.416 e. The van der Waals surface area contributed by atoms with Gasteiger partial charge in [0, 0.05) is 5.56 Å². The van der Waals surface area contributed by atoms with Crippen molar-refractivity contribution in [3.63, 3.8) is 0 Å². The molecule has 0 aliphatic carbocycles. The number of benzene rings is 1. The van der Waals surface area contributed by atoms with Gasteiger partial charge in [-0.05, 0) is 23.4 Å². The fourth-order valence-corrected chi connectivity index (χ4v) is 1.15.